The fourth-order valence-corrected chi connectivity index (χ4v) is 5.15. The van der Waals surface area contributed by atoms with Crippen molar-refractivity contribution in [3.63, 3.8) is 0 Å². The molecule has 5 nitrogen and oxygen atoms in total. The number of ether oxygens (including phenoxy) is 1. The Balaban J connectivity index is 1.31. The van der Waals surface area contributed by atoms with Gasteiger partial charge in [0.25, 0.3) is 15.9 Å². The van der Waals surface area contributed by atoms with Crippen molar-refractivity contribution in [3.05, 3.63) is 124 Å². The smallest absolute Gasteiger partial charge is 0.265 e. The predicted octanol–water partition coefficient (Wildman–Crippen LogP) is 6.64. The van der Waals surface area contributed by atoms with Gasteiger partial charge < -0.3 is 4.74 Å². The Bertz CT molecular complexity index is 1470. The zero-order chi connectivity index (χ0) is 25.7. The third-order valence-electron chi connectivity index (χ3n) is 5.30. The van der Waals surface area contributed by atoms with Gasteiger partial charge in [-0.15, -0.1) is 0 Å². The van der Waals surface area contributed by atoms with Crippen molar-refractivity contribution in [2.45, 2.75) is 18.1 Å². The summed E-state index contributed by atoms with van der Waals surface area (Å²) in [6.07, 6.45) is 0. The molecule has 0 bridgehead atoms. The van der Waals surface area contributed by atoms with Crippen LogP contribution in [0.4, 0.5) is 4.39 Å². The summed E-state index contributed by atoms with van der Waals surface area (Å²) >= 11 is 11.8. The summed E-state index contributed by atoms with van der Waals surface area (Å²) in [5.41, 5.74) is 3.87. The van der Waals surface area contributed by atoms with E-state index in [2.05, 4.69) is 0 Å². The number of carbonyl (C=O) groups excluding carboxylic acids is 1. The number of hydrogen-bond donors (Lipinski definition) is 1. The second kappa shape index (κ2) is 11.2. The van der Waals surface area contributed by atoms with Crippen LogP contribution >= 0.6 is 23.2 Å². The lowest BCUT2D eigenvalue weighted by molar-refractivity contribution is 0.0980. The third-order valence-corrected chi connectivity index (χ3v) is 7.34. The second-order valence-electron chi connectivity index (χ2n) is 7.90. The van der Waals surface area contributed by atoms with Crippen LogP contribution in [-0.4, -0.2) is 14.3 Å². The molecule has 9 heteroatoms. The molecule has 0 heterocycles. The van der Waals surface area contributed by atoms with Crippen molar-refractivity contribution in [2.24, 2.45) is 0 Å². The molecule has 0 aliphatic rings. The normalized spacial score (nSPS) is 11.3. The van der Waals surface area contributed by atoms with E-state index in [4.69, 9.17) is 27.9 Å². The van der Waals surface area contributed by atoms with E-state index in [9.17, 15) is 17.6 Å². The van der Waals surface area contributed by atoms with Crippen LogP contribution < -0.4 is 4.72 Å². The first-order chi connectivity index (χ1) is 17.2. The van der Waals surface area contributed by atoms with Crippen molar-refractivity contribution >= 4 is 39.1 Å². The lowest BCUT2D eigenvalue weighted by Crippen LogP contribution is -2.30. The van der Waals surface area contributed by atoms with E-state index >= 15 is 0 Å². The Hall–Kier alpha value is -3.23. The van der Waals surface area contributed by atoms with Crippen LogP contribution in [-0.2, 0) is 28.0 Å². The highest BCUT2D eigenvalue weighted by atomic mass is 35.5. The molecule has 4 aromatic carbocycles. The number of benzene rings is 4. The molecule has 1 N–H and O–H groups in total. The van der Waals surface area contributed by atoms with Crippen LogP contribution in [0.3, 0.4) is 0 Å². The summed E-state index contributed by atoms with van der Waals surface area (Å²) in [6.45, 7) is 0.687. The van der Waals surface area contributed by atoms with Gasteiger partial charge in [-0.1, -0.05) is 71.7 Å². The minimum absolute atomic E-state index is 0.0830. The minimum Gasteiger partial charge on any atom is -0.372 e. The van der Waals surface area contributed by atoms with E-state index in [1.165, 1.54) is 42.5 Å². The summed E-state index contributed by atoms with van der Waals surface area (Å²) in [5, 5.41) is 0.200. The monoisotopic (exact) mass is 543 g/mol. The first-order valence-corrected chi connectivity index (χ1v) is 13.0. The van der Waals surface area contributed by atoms with Crippen molar-refractivity contribution in [3.8, 4) is 11.1 Å². The standard InChI is InChI=1S/C27H20Cl2FNO4S/c28-23-11-14-26(25(29)15-23)36(33,34)31-27(32)22-7-3-19(4-8-22)17-35-16-18-1-5-20(6-2-18)21-9-12-24(30)13-10-21/h1-15H,16-17H2,(H,31,32). The Morgan fingerprint density at radius 1 is 0.778 bits per heavy atom. The highest BCUT2D eigenvalue weighted by molar-refractivity contribution is 7.90. The van der Waals surface area contributed by atoms with Gasteiger partial charge in [0.2, 0.25) is 0 Å². The molecule has 0 aromatic heterocycles. The van der Waals surface area contributed by atoms with E-state index in [1.807, 2.05) is 29.0 Å². The van der Waals surface area contributed by atoms with E-state index in [1.54, 1.807) is 24.3 Å². The molecular formula is C27H20Cl2FNO4S. The molecule has 0 unspecified atom stereocenters. The maximum Gasteiger partial charge on any atom is 0.265 e. The second-order valence-corrected chi connectivity index (χ2v) is 10.4. The number of sulfonamides is 1. The average Bonchev–Trinajstić information content (AvgIpc) is 2.85. The van der Waals surface area contributed by atoms with E-state index in [0.29, 0.717) is 13.2 Å². The quantitative estimate of drug-likeness (QED) is 0.270. The first kappa shape index (κ1) is 25.9. The molecule has 184 valence electrons. The molecule has 0 fully saturated rings. The Kier molecular flexibility index (Phi) is 8.06. The fourth-order valence-electron chi connectivity index (χ4n) is 3.40. The van der Waals surface area contributed by atoms with Gasteiger partial charge in [0.05, 0.1) is 18.2 Å². The van der Waals surface area contributed by atoms with Gasteiger partial charge in [-0.3, -0.25) is 4.79 Å². The van der Waals surface area contributed by atoms with Crippen molar-refractivity contribution in [2.75, 3.05) is 0 Å². The molecule has 0 spiro atoms. The summed E-state index contributed by atoms with van der Waals surface area (Å²) < 4.78 is 45.9. The molecular weight excluding hydrogens is 524 g/mol. The maximum atomic E-state index is 13.1. The summed E-state index contributed by atoms with van der Waals surface area (Å²) in [6, 6.07) is 24.4. The highest BCUT2D eigenvalue weighted by Gasteiger charge is 2.21. The van der Waals surface area contributed by atoms with Crippen LogP contribution in [0, 0.1) is 5.82 Å². The van der Waals surface area contributed by atoms with Crippen LogP contribution in [0.2, 0.25) is 10.0 Å². The van der Waals surface area contributed by atoms with Gasteiger partial charge in [0.1, 0.15) is 10.7 Å². The fraction of sp³-hybridized carbons (Fsp3) is 0.0741. The number of nitrogens with one attached hydrogen (secondary N) is 1. The first-order valence-electron chi connectivity index (χ1n) is 10.7. The van der Waals surface area contributed by atoms with Crippen molar-refractivity contribution in [1.82, 2.24) is 4.72 Å². The maximum absolute atomic E-state index is 13.1. The van der Waals surface area contributed by atoms with Crippen molar-refractivity contribution < 1.29 is 22.3 Å². The van der Waals surface area contributed by atoms with E-state index in [0.717, 1.165) is 22.3 Å². The SMILES string of the molecule is O=C(NS(=O)(=O)c1ccc(Cl)cc1Cl)c1ccc(COCc2ccc(-c3ccc(F)cc3)cc2)cc1. The molecule has 4 rings (SSSR count). The van der Waals surface area contributed by atoms with Crippen LogP contribution in [0.5, 0.6) is 0 Å². The zero-order valence-electron chi connectivity index (χ0n) is 18.7. The molecule has 0 atom stereocenters. The molecule has 0 saturated carbocycles. The number of halogens is 3. The Morgan fingerprint density at radius 3 is 1.86 bits per heavy atom. The third kappa shape index (κ3) is 6.50. The number of rotatable bonds is 8. The minimum atomic E-state index is -4.16. The average molecular weight is 544 g/mol. The topological polar surface area (TPSA) is 72.5 Å². The van der Waals surface area contributed by atoms with Gasteiger partial charge >= 0.3 is 0 Å². The summed E-state index contributed by atoms with van der Waals surface area (Å²) in [7, 11) is -4.16. The molecule has 4 aromatic rings. The van der Waals surface area contributed by atoms with E-state index < -0.39 is 15.9 Å². The molecule has 0 radical (unpaired) electrons. The van der Waals surface area contributed by atoms with Crippen LogP contribution in [0.15, 0.2) is 95.9 Å². The lowest BCUT2D eigenvalue weighted by Gasteiger charge is -2.10. The summed E-state index contributed by atoms with van der Waals surface area (Å²) in [5.74, 6) is -1.06. The molecule has 0 saturated heterocycles. The van der Waals surface area contributed by atoms with Gasteiger partial charge in [-0.05, 0) is 64.7 Å². The largest absolute Gasteiger partial charge is 0.372 e. The number of amides is 1. The van der Waals surface area contributed by atoms with Gasteiger partial charge in [0.15, 0.2) is 0 Å². The number of carbonyl (C=O) groups is 1. The van der Waals surface area contributed by atoms with Crippen LogP contribution in [0.1, 0.15) is 21.5 Å². The molecule has 0 aliphatic heterocycles. The lowest BCUT2D eigenvalue weighted by atomic mass is 10.0. The summed E-state index contributed by atoms with van der Waals surface area (Å²) in [4.78, 5) is 12.2. The highest BCUT2D eigenvalue weighted by Crippen LogP contribution is 2.25. The Labute approximate surface area is 218 Å². The molecule has 0 aliphatic carbocycles. The Morgan fingerprint density at radius 2 is 1.31 bits per heavy atom. The van der Waals surface area contributed by atoms with Crippen molar-refractivity contribution in [1.29, 1.82) is 0 Å². The van der Waals surface area contributed by atoms with Gasteiger partial charge in [0, 0.05) is 10.6 Å². The van der Waals surface area contributed by atoms with Crippen LogP contribution in [0.25, 0.3) is 11.1 Å². The molecule has 36 heavy (non-hydrogen) atoms. The van der Waals surface area contributed by atoms with Gasteiger partial charge in [-0.2, -0.15) is 0 Å². The molecule has 1 amide bonds. The zero-order valence-corrected chi connectivity index (χ0v) is 21.1. The van der Waals surface area contributed by atoms with Gasteiger partial charge in [-0.25, -0.2) is 17.5 Å². The predicted molar refractivity (Wildman–Crippen MR) is 138 cm³/mol. The number of hydrogen-bond acceptors (Lipinski definition) is 4. The van der Waals surface area contributed by atoms with E-state index in [-0.39, 0.29) is 26.3 Å².